The molecule has 1 aromatic carbocycles. The zero-order valence-corrected chi connectivity index (χ0v) is 17.3. The highest BCUT2D eigenvalue weighted by atomic mass is 127. The summed E-state index contributed by atoms with van der Waals surface area (Å²) in [7, 11) is 0. The zero-order valence-electron chi connectivity index (χ0n) is 15.1. The smallest absolute Gasteiger partial charge is 0.303 e. The second-order valence-electron chi connectivity index (χ2n) is 5.85. The van der Waals surface area contributed by atoms with Crippen LogP contribution in [0.25, 0.3) is 0 Å². The van der Waals surface area contributed by atoms with Crippen molar-refractivity contribution in [3.8, 4) is 5.75 Å². The highest BCUT2D eigenvalue weighted by Crippen LogP contribution is 2.31. The molecule has 0 aromatic heterocycles. The summed E-state index contributed by atoms with van der Waals surface area (Å²) in [6, 6.07) is 8.81. The molecular weight excluding hydrogens is 471 g/mol. The standard InChI is InChI=1S/C18H21IO8/c1-10(20)23-15-14(9-19)27-18(26-13-7-5-4-6-8-13)17(25-12(3)22)16(15)24-11(2)21/h4-8,14-18H,9H2,1-3H3/t14-,15-,16+,17-,18-/m1/s1. The number of rotatable bonds is 6. The lowest BCUT2D eigenvalue weighted by Gasteiger charge is -2.43. The van der Waals surface area contributed by atoms with Crippen molar-refractivity contribution < 1.29 is 38.1 Å². The fourth-order valence-corrected chi connectivity index (χ4v) is 3.42. The first-order chi connectivity index (χ1) is 12.8. The minimum absolute atomic E-state index is 0.426. The molecule has 1 heterocycles. The summed E-state index contributed by atoms with van der Waals surface area (Å²) >= 11 is 2.07. The van der Waals surface area contributed by atoms with Crippen molar-refractivity contribution in [2.45, 2.75) is 51.5 Å². The molecule has 0 unspecified atom stereocenters. The Morgan fingerprint density at radius 2 is 1.41 bits per heavy atom. The van der Waals surface area contributed by atoms with E-state index in [1.165, 1.54) is 20.8 Å². The predicted molar refractivity (Wildman–Crippen MR) is 101 cm³/mol. The van der Waals surface area contributed by atoms with Crippen LogP contribution in [-0.2, 0) is 33.3 Å². The summed E-state index contributed by atoms with van der Waals surface area (Å²) in [5.41, 5.74) is 0. The van der Waals surface area contributed by atoms with Crippen molar-refractivity contribution in [3.05, 3.63) is 30.3 Å². The molecule has 1 fully saturated rings. The van der Waals surface area contributed by atoms with E-state index in [4.69, 9.17) is 23.7 Å². The normalized spacial score (nSPS) is 27.3. The van der Waals surface area contributed by atoms with Crippen molar-refractivity contribution in [1.82, 2.24) is 0 Å². The number of para-hydroxylation sites is 1. The lowest BCUT2D eigenvalue weighted by molar-refractivity contribution is -0.279. The summed E-state index contributed by atoms with van der Waals surface area (Å²) < 4.78 is 28.2. The van der Waals surface area contributed by atoms with E-state index < -0.39 is 48.6 Å². The molecule has 1 aliphatic heterocycles. The summed E-state index contributed by atoms with van der Waals surface area (Å²) in [5, 5.41) is 0. The first kappa shape index (κ1) is 21.4. The SMILES string of the molecule is CC(=O)O[C@@H]1[C@@H](OC(C)=O)[C@H](Oc2ccccc2)O[C@H](CI)[C@H]1OC(C)=O. The van der Waals surface area contributed by atoms with Gasteiger partial charge in [0.05, 0.1) is 0 Å². The van der Waals surface area contributed by atoms with Gasteiger partial charge in [-0.1, -0.05) is 40.8 Å². The minimum atomic E-state index is -1.12. The number of ether oxygens (including phenoxy) is 5. The van der Waals surface area contributed by atoms with Crippen LogP contribution < -0.4 is 4.74 Å². The van der Waals surface area contributed by atoms with E-state index in [1.54, 1.807) is 24.3 Å². The van der Waals surface area contributed by atoms with Gasteiger partial charge in [0.25, 0.3) is 0 Å². The molecule has 0 aliphatic carbocycles. The van der Waals surface area contributed by atoms with Crippen LogP contribution in [0.4, 0.5) is 0 Å². The second-order valence-corrected chi connectivity index (χ2v) is 6.73. The van der Waals surface area contributed by atoms with Crippen LogP contribution in [-0.4, -0.2) is 53.0 Å². The molecule has 5 atom stereocenters. The molecule has 0 spiro atoms. The number of benzene rings is 1. The Kier molecular flexibility index (Phi) is 7.84. The van der Waals surface area contributed by atoms with Gasteiger partial charge >= 0.3 is 17.9 Å². The molecule has 148 valence electrons. The van der Waals surface area contributed by atoms with Crippen LogP contribution in [0.2, 0.25) is 0 Å². The first-order valence-corrected chi connectivity index (χ1v) is 9.79. The second kappa shape index (κ2) is 9.88. The topological polar surface area (TPSA) is 97.4 Å². The van der Waals surface area contributed by atoms with E-state index in [9.17, 15) is 14.4 Å². The Morgan fingerprint density at radius 1 is 0.889 bits per heavy atom. The third-order valence-corrected chi connectivity index (χ3v) is 4.51. The molecule has 1 aliphatic rings. The fraction of sp³-hybridized carbons (Fsp3) is 0.500. The molecule has 8 nitrogen and oxygen atoms in total. The van der Waals surface area contributed by atoms with Gasteiger partial charge in [-0.25, -0.2) is 0 Å². The Morgan fingerprint density at radius 3 is 1.93 bits per heavy atom. The number of carbonyl (C=O) groups is 3. The van der Waals surface area contributed by atoms with E-state index >= 15 is 0 Å². The Labute approximate surface area is 170 Å². The van der Waals surface area contributed by atoms with Crippen LogP contribution in [0, 0.1) is 0 Å². The lowest BCUT2D eigenvalue weighted by atomic mass is 9.99. The molecule has 0 bridgehead atoms. The number of hydrogen-bond acceptors (Lipinski definition) is 8. The van der Waals surface area contributed by atoms with Crippen molar-refractivity contribution in [2.24, 2.45) is 0 Å². The van der Waals surface area contributed by atoms with Crippen LogP contribution in [0.5, 0.6) is 5.75 Å². The van der Waals surface area contributed by atoms with E-state index in [0.717, 1.165) is 0 Å². The molecular formula is C18H21IO8. The fourth-order valence-electron chi connectivity index (χ4n) is 2.71. The van der Waals surface area contributed by atoms with Gasteiger partial charge in [-0.2, -0.15) is 0 Å². The molecule has 0 N–H and O–H groups in total. The summed E-state index contributed by atoms with van der Waals surface area (Å²) in [6.45, 7) is 3.68. The van der Waals surface area contributed by atoms with Gasteiger partial charge in [-0.3, -0.25) is 14.4 Å². The van der Waals surface area contributed by atoms with Gasteiger partial charge in [0.2, 0.25) is 12.4 Å². The van der Waals surface area contributed by atoms with E-state index in [0.29, 0.717) is 10.2 Å². The van der Waals surface area contributed by atoms with E-state index in [-0.39, 0.29) is 0 Å². The maximum Gasteiger partial charge on any atom is 0.303 e. The summed E-state index contributed by atoms with van der Waals surface area (Å²) in [5.74, 6) is -1.31. The van der Waals surface area contributed by atoms with Crippen LogP contribution in [0.3, 0.4) is 0 Å². The van der Waals surface area contributed by atoms with Gasteiger partial charge in [0.1, 0.15) is 11.9 Å². The first-order valence-electron chi connectivity index (χ1n) is 8.26. The molecule has 0 saturated carbocycles. The number of hydrogen-bond donors (Lipinski definition) is 0. The lowest BCUT2D eigenvalue weighted by Crippen LogP contribution is -2.63. The average Bonchev–Trinajstić information content (AvgIpc) is 2.59. The van der Waals surface area contributed by atoms with Crippen molar-refractivity contribution >= 4 is 40.5 Å². The van der Waals surface area contributed by atoms with Crippen molar-refractivity contribution in [3.63, 3.8) is 0 Å². The van der Waals surface area contributed by atoms with Crippen LogP contribution in [0.1, 0.15) is 20.8 Å². The molecule has 0 amide bonds. The van der Waals surface area contributed by atoms with E-state index in [2.05, 4.69) is 22.6 Å². The van der Waals surface area contributed by atoms with Crippen LogP contribution >= 0.6 is 22.6 Å². The van der Waals surface area contributed by atoms with Gasteiger partial charge in [0.15, 0.2) is 12.2 Å². The molecule has 1 saturated heterocycles. The maximum atomic E-state index is 11.6. The van der Waals surface area contributed by atoms with E-state index in [1.807, 2.05) is 6.07 Å². The minimum Gasteiger partial charge on any atom is -0.461 e. The van der Waals surface area contributed by atoms with Crippen molar-refractivity contribution in [1.29, 1.82) is 0 Å². The van der Waals surface area contributed by atoms with Crippen molar-refractivity contribution in [2.75, 3.05) is 4.43 Å². The predicted octanol–water partition coefficient (Wildman–Crippen LogP) is 2.02. The Hall–Kier alpha value is -1.88. The Balaban J connectivity index is 2.38. The van der Waals surface area contributed by atoms with Crippen LogP contribution in [0.15, 0.2) is 30.3 Å². The third-order valence-electron chi connectivity index (χ3n) is 3.64. The summed E-state index contributed by atoms with van der Waals surface area (Å²) in [4.78, 5) is 34.8. The quantitative estimate of drug-likeness (QED) is 0.258. The molecule has 1 aromatic rings. The molecule has 2 rings (SSSR count). The van der Waals surface area contributed by atoms with Gasteiger partial charge < -0.3 is 23.7 Å². The highest BCUT2D eigenvalue weighted by Gasteiger charge is 2.52. The molecule has 9 heteroatoms. The number of esters is 3. The zero-order chi connectivity index (χ0) is 20.0. The van der Waals surface area contributed by atoms with Gasteiger partial charge in [0, 0.05) is 25.2 Å². The largest absolute Gasteiger partial charge is 0.461 e. The highest BCUT2D eigenvalue weighted by molar-refractivity contribution is 14.1. The number of carbonyl (C=O) groups excluding carboxylic acids is 3. The summed E-state index contributed by atoms with van der Waals surface area (Å²) in [6.07, 6.45) is -4.80. The van der Waals surface area contributed by atoms with Gasteiger partial charge in [-0.15, -0.1) is 0 Å². The number of halogens is 1. The number of alkyl halides is 1. The molecule has 0 radical (unpaired) electrons. The van der Waals surface area contributed by atoms with Gasteiger partial charge in [-0.05, 0) is 12.1 Å². The maximum absolute atomic E-state index is 11.6. The Bertz CT molecular complexity index is 665. The third kappa shape index (κ3) is 6.06. The average molecular weight is 492 g/mol. The monoisotopic (exact) mass is 492 g/mol. The molecule has 27 heavy (non-hydrogen) atoms.